The minimum Gasteiger partial charge on any atom is -0.481 e. The Morgan fingerprint density at radius 3 is 2.83 bits per heavy atom. The number of rotatable bonds is 3. The topological polar surface area (TPSA) is 69.6 Å². The van der Waals surface area contributed by atoms with Gasteiger partial charge in [-0.15, -0.1) is 0 Å². The number of nitrogens with one attached hydrogen (secondary N) is 1. The summed E-state index contributed by atoms with van der Waals surface area (Å²) >= 11 is 0. The molecule has 5 nitrogen and oxygen atoms in total. The van der Waals surface area contributed by atoms with Crippen LogP contribution in [0.3, 0.4) is 0 Å². The molecule has 2 N–H and O–H groups in total. The largest absolute Gasteiger partial charge is 0.481 e. The molecule has 0 radical (unpaired) electrons. The summed E-state index contributed by atoms with van der Waals surface area (Å²) in [4.78, 5) is 24.9. The SMILES string of the molecule is CC1(C)CCCC1N1CCNC(=O)C1CC(=O)O. The summed E-state index contributed by atoms with van der Waals surface area (Å²) in [6.07, 6.45) is 3.28. The van der Waals surface area contributed by atoms with Crippen LogP contribution in [0.25, 0.3) is 0 Å². The number of carbonyl (C=O) groups excluding carboxylic acids is 1. The summed E-state index contributed by atoms with van der Waals surface area (Å²) in [6.45, 7) is 5.82. The van der Waals surface area contributed by atoms with Gasteiger partial charge in [0.2, 0.25) is 5.91 Å². The van der Waals surface area contributed by atoms with Gasteiger partial charge in [-0.1, -0.05) is 20.3 Å². The number of piperazine rings is 1. The highest BCUT2D eigenvalue weighted by molar-refractivity contribution is 5.86. The van der Waals surface area contributed by atoms with Crippen LogP contribution in [0, 0.1) is 5.41 Å². The molecule has 2 rings (SSSR count). The molecule has 1 heterocycles. The van der Waals surface area contributed by atoms with Crippen molar-refractivity contribution in [3.63, 3.8) is 0 Å². The third-order valence-electron chi connectivity index (χ3n) is 4.34. The second-order valence-corrected chi connectivity index (χ2v) is 6.04. The van der Waals surface area contributed by atoms with E-state index in [0.29, 0.717) is 12.6 Å². The zero-order valence-corrected chi connectivity index (χ0v) is 11.1. The third-order valence-corrected chi connectivity index (χ3v) is 4.34. The Kier molecular flexibility index (Phi) is 3.61. The van der Waals surface area contributed by atoms with Crippen molar-refractivity contribution < 1.29 is 14.7 Å². The number of hydrogen-bond donors (Lipinski definition) is 2. The molecule has 1 aliphatic heterocycles. The van der Waals surface area contributed by atoms with E-state index < -0.39 is 12.0 Å². The van der Waals surface area contributed by atoms with Crippen LogP contribution in [0.2, 0.25) is 0 Å². The summed E-state index contributed by atoms with van der Waals surface area (Å²) in [5, 5.41) is 11.7. The Hall–Kier alpha value is -1.10. The predicted molar refractivity (Wildman–Crippen MR) is 67.2 cm³/mol. The summed E-state index contributed by atoms with van der Waals surface area (Å²) in [5.74, 6) is -1.04. The van der Waals surface area contributed by atoms with Gasteiger partial charge in [0.25, 0.3) is 0 Å². The zero-order chi connectivity index (χ0) is 13.3. The minimum absolute atomic E-state index is 0.0988. The van der Waals surface area contributed by atoms with Crippen molar-refractivity contribution in [1.29, 1.82) is 0 Å². The van der Waals surface area contributed by atoms with E-state index in [4.69, 9.17) is 5.11 Å². The fourth-order valence-electron chi connectivity index (χ4n) is 3.40. The molecule has 5 heteroatoms. The highest BCUT2D eigenvalue weighted by Crippen LogP contribution is 2.41. The predicted octanol–water partition coefficient (Wildman–Crippen LogP) is 0.840. The van der Waals surface area contributed by atoms with E-state index in [0.717, 1.165) is 25.8 Å². The quantitative estimate of drug-likeness (QED) is 0.783. The molecule has 1 amide bonds. The van der Waals surface area contributed by atoms with Crippen molar-refractivity contribution in [2.24, 2.45) is 5.41 Å². The van der Waals surface area contributed by atoms with Crippen molar-refractivity contribution in [2.45, 2.75) is 51.6 Å². The normalized spacial score (nSPS) is 32.2. The van der Waals surface area contributed by atoms with Crippen LogP contribution in [-0.4, -0.2) is 47.1 Å². The van der Waals surface area contributed by atoms with Crippen LogP contribution >= 0.6 is 0 Å². The Bertz CT molecular complexity index is 354. The third kappa shape index (κ3) is 2.51. The fourth-order valence-corrected chi connectivity index (χ4v) is 3.40. The number of amides is 1. The van der Waals surface area contributed by atoms with Crippen LogP contribution in [-0.2, 0) is 9.59 Å². The average Bonchev–Trinajstić information content (AvgIpc) is 2.61. The molecule has 1 saturated heterocycles. The fraction of sp³-hybridized carbons (Fsp3) is 0.846. The highest BCUT2D eigenvalue weighted by atomic mass is 16.4. The number of nitrogens with zero attached hydrogens (tertiary/aromatic N) is 1. The van der Waals surface area contributed by atoms with Crippen molar-refractivity contribution in [1.82, 2.24) is 10.2 Å². The molecule has 0 aromatic carbocycles. The van der Waals surface area contributed by atoms with Gasteiger partial charge in [-0.05, 0) is 18.3 Å². The molecule has 0 spiro atoms. The lowest BCUT2D eigenvalue weighted by molar-refractivity contribution is -0.144. The zero-order valence-electron chi connectivity index (χ0n) is 11.1. The summed E-state index contributed by atoms with van der Waals surface area (Å²) in [5.41, 5.74) is 0.175. The molecule has 1 aliphatic carbocycles. The maximum atomic E-state index is 11.9. The molecule has 2 aliphatic rings. The Morgan fingerprint density at radius 1 is 1.56 bits per heavy atom. The molecule has 0 aromatic heterocycles. The Labute approximate surface area is 108 Å². The van der Waals surface area contributed by atoms with Gasteiger partial charge in [-0.3, -0.25) is 14.5 Å². The van der Waals surface area contributed by atoms with Crippen LogP contribution in [0.15, 0.2) is 0 Å². The van der Waals surface area contributed by atoms with Crippen molar-refractivity contribution >= 4 is 11.9 Å². The lowest BCUT2D eigenvalue weighted by Gasteiger charge is -2.43. The van der Waals surface area contributed by atoms with Crippen LogP contribution in [0.5, 0.6) is 0 Å². The summed E-state index contributed by atoms with van der Waals surface area (Å²) in [6, 6.07) is -0.175. The number of carboxylic acids is 1. The molecule has 0 aromatic rings. The lowest BCUT2D eigenvalue weighted by Crippen LogP contribution is -2.60. The van der Waals surface area contributed by atoms with E-state index in [1.54, 1.807) is 0 Å². The molecular weight excluding hydrogens is 232 g/mol. The molecule has 1 saturated carbocycles. The molecule has 18 heavy (non-hydrogen) atoms. The maximum Gasteiger partial charge on any atom is 0.305 e. The first-order valence-corrected chi connectivity index (χ1v) is 6.67. The van der Waals surface area contributed by atoms with Gasteiger partial charge in [0.15, 0.2) is 0 Å². The number of carbonyl (C=O) groups is 2. The van der Waals surface area contributed by atoms with E-state index >= 15 is 0 Å². The molecular formula is C13H22N2O3. The summed E-state index contributed by atoms with van der Waals surface area (Å²) in [7, 11) is 0. The molecule has 0 bridgehead atoms. The minimum atomic E-state index is -0.905. The molecule has 2 unspecified atom stereocenters. The van der Waals surface area contributed by atoms with Gasteiger partial charge in [0.05, 0.1) is 12.5 Å². The van der Waals surface area contributed by atoms with Gasteiger partial charge < -0.3 is 10.4 Å². The molecule has 102 valence electrons. The number of carboxylic acid groups (broad SMARTS) is 1. The van der Waals surface area contributed by atoms with Crippen LogP contribution in [0.1, 0.15) is 39.5 Å². The van der Waals surface area contributed by atoms with Crippen molar-refractivity contribution in [3.8, 4) is 0 Å². The van der Waals surface area contributed by atoms with E-state index in [1.165, 1.54) is 0 Å². The lowest BCUT2D eigenvalue weighted by atomic mass is 9.85. The van der Waals surface area contributed by atoms with Crippen molar-refractivity contribution in [2.75, 3.05) is 13.1 Å². The number of hydrogen-bond acceptors (Lipinski definition) is 3. The smallest absolute Gasteiger partial charge is 0.305 e. The van der Waals surface area contributed by atoms with Gasteiger partial charge >= 0.3 is 5.97 Å². The van der Waals surface area contributed by atoms with E-state index in [1.807, 2.05) is 0 Å². The molecule has 2 atom stereocenters. The Morgan fingerprint density at radius 2 is 2.28 bits per heavy atom. The van der Waals surface area contributed by atoms with E-state index in [-0.39, 0.29) is 17.7 Å². The first-order valence-electron chi connectivity index (χ1n) is 6.67. The first kappa shape index (κ1) is 13.3. The van der Waals surface area contributed by atoms with Crippen molar-refractivity contribution in [3.05, 3.63) is 0 Å². The summed E-state index contributed by atoms with van der Waals surface area (Å²) < 4.78 is 0. The second-order valence-electron chi connectivity index (χ2n) is 6.04. The van der Waals surface area contributed by atoms with E-state index in [2.05, 4.69) is 24.1 Å². The monoisotopic (exact) mass is 254 g/mol. The first-order chi connectivity index (χ1) is 8.42. The number of aliphatic carboxylic acids is 1. The second kappa shape index (κ2) is 4.88. The van der Waals surface area contributed by atoms with Gasteiger partial charge in [0, 0.05) is 19.1 Å². The molecule has 2 fully saturated rings. The van der Waals surface area contributed by atoms with Gasteiger partial charge in [-0.25, -0.2) is 0 Å². The highest BCUT2D eigenvalue weighted by Gasteiger charge is 2.44. The van der Waals surface area contributed by atoms with Gasteiger partial charge in [-0.2, -0.15) is 0 Å². The van der Waals surface area contributed by atoms with E-state index in [9.17, 15) is 9.59 Å². The standard InChI is InChI=1S/C13H22N2O3/c1-13(2)5-3-4-10(13)15-7-6-14-12(18)9(15)8-11(16)17/h9-10H,3-8H2,1-2H3,(H,14,18)(H,16,17). The Balaban J connectivity index is 2.17. The van der Waals surface area contributed by atoms with Crippen LogP contribution in [0.4, 0.5) is 0 Å². The van der Waals surface area contributed by atoms with Gasteiger partial charge in [0.1, 0.15) is 0 Å². The van der Waals surface area contributed by atoms with Crippen LogP contribution < -0.4 is 5.32 Å². The average molecular weight is 254 g/mol. The maximum absolute atomic E-state index is 11.9.